The van der Waals surface area contributed by atoms with Crippen LogP contribution in [0.1, 0.15) is 21.7 Å². The molecule has 0 atom stereocenters. The smallest absolute Gasteiger partial charge is 0.256 e. The molecule has 114 valence electrons. The molecular weight excluding hydrogens is 284 g/mol. The van der Waals surface area contributed by atoms with E-state index in [0.29, 0.717) is 5.56 Å². The van der Waals surface area contributed by atoms with Crippen LogP contribution in [0.2, 0.25) is 0 Å². The summed E-state index contributed by atoms with van der Waals surface area (Å²) in [6, 6.07) is 21.1. The topological polar surface area (TPSA) is 42.0 Å². The van der Waals surface area contributed by atoms with Gasteiger partial charge in [0, 0.05) is 28.2 Å². The first-order valence-electron chi connectivity index (χ1n) is 7.55. The number of rotatable bonds is 3. The first kappa shape index (κ1) is 15.0. The number of para-hydroxylation sites is 1. The van der Waals surface area contributed by atoms with Crippen LogP contribution in [0.3, 0.4) is 0 Å². The van der Waals surface area contributed by atoms with E-state index in [1.54, 1.807) is 0 Å². The van der Waals surface area contributed by atoms with Crippen molar-refractivity contribution in [3.8, 4) is 11.1 Å². The lowest BCUT2D eigenvalue weighted by Gasteiger charge is -2.12. The highest BCUT2D eigenvalue weighted by molar-refractivity contribution is 6.08. The van der Waals surface area contributed by atoms with Crippen LogP contribution in [0.5, 0.6) is 0 Å². The van der Waals surface area contributed by atoms with Gasteiger partial charge in [-0.2, -0.15) is 0 Å². The monoisotopic (exact) mass is 302 g/mol. The van der Waals surface area contributed by atoms with Gasteiger partial charge < -0.3 is 5.32 Å². The van der Waals surface area contributed by atoms with Gasteiger partial charge in [-0.05, 0) is 43.7 Å². The molecule has 0 aliphatic heterocycles. The third-order valence-electron chi connectivity index (χ3n) is 3.72. The molecule has 0 aliphatic carbocycles. The van der Waals surface area contributed by atoms with E-state index in [4.69, 9.17) is 0 Å². The van der Waals surface area contributed by atoms with E-state index in [1.807, 2.05) is 80.6 Å². The second kappa shape index (κ2) is 6.44. The highest BCUT2D eigenvalue weighted by Gasteiger charge is 2.14. The molecule has 2 aromatic carbocycles. The van der Waals surface area contributed by atoms with Crippen molar-refractivity contribution in [2.24, 2.45) is 0 Å². The van der Waals surface area contributed by atoms with Crippen LogP contribution in [0.15, 0.2) is 66.7 Å². The maximum absolute atomic E-state index is 12.7. The normalized spacial score (nSPS) is 10.3. The number of carbonyl (C=O) groups is 1. The van der Waals surface area contributed by atoms with Crippen molar-refractivity contribution < 1.29 is 4.79 Å². The Labute approximate surface area is 136 Å². The lowest BCUT2D eigenvalue weighted by Crippen LogP contribution is -2.13. The van der Waals surface area contributed by atoms with Crippen LogP contribution in [0.25, 0.3) is 11.1 Å². The molecule has 0 saturated carbocycles. The fourth-order valence-corrected chi connectivity index (χ4v) is 2.61. The minimum Gasteiger partial charge on any atom is -0.322 e. The molecular formula is C20H18N2O. The summed E-state index contributed by atoms with van der Waals surface area (Å²) in [7, 11) is 0. The molecule has 0 saturated heterocycles. The number of anilines is 1. The Morgan fingerprint density at radius 2 is 1.52 bits per heavy atom. The van der Waals surface area contributed by atoms with E-state index in [9.17, 15) is 4.79 Å². The number of hydrogen-bond acceptors (Lipinski definition) is 2. The van der Waals surface area contributed by atoms with Gasteiger partial charge >= 0.3 is 0 Å². The Hall–Kier alpha value is -2.94. The first-order valence-corrected chi connectivity index (χ1v) is 7.55. The van der Waals surface area contributed by atoms with Gasteiger partial charge in [-0.25, -0.2) is 0 Å². The largest absolute Gasteiger partial charge is 0.322 e. The SMILES string of the molecule is Cc1ccc(-c2ccccc2C(=O)Nc2ccccc2)c(C)n1. The molecule has 1 heterocycles. The van der Waals surface area contributed by atoms with Crippen LogP contribution in [-0.4, -0.2) is 10.9 Å². The lowest BCUT2D eigenvalue weighted by molar-refractivity contribution is 0.102. The molecule has 1 amide bonds. The summed E-state index contributed by atoms with van der Waals surface area (Å²) >= 11 is 0. The third kappa shape index (κ3) is 3.29. The number of carbonyl (C=O) groups excluding carboxylic acids is 1. The molecule has 0 spiro atoms. The Kier molecular flexibility index (Phi) is 4.20. The van der Waals surface area contributed by atoms with Crippen molar-refractivity contribution in [2.45, 2.75) is 13.8 Å². The second-order valence-corrected chi connectivity index (χ2v) is 5.45. The van der Waals surface area contributed by atoms with Crippen LogP contribution in [0, 0.1) is 13.8 Å². The molecule has 3 heteroatoms. The predicted molar refractivity (Wildman–Crippen MR) is 93.5 cm³/mol. The second-order valence-electron chi connectivity index (χ2n) is 5.45. The van der Waals surface area contributed by atoms with E-state index in [2.05, 4.69) is 10.3 Å². The lowest BCUT2D eigenvalue weighted by atomic mass is 9.98. The Morgan fingerprint density at radius 1 is 0.826 bits per heavy atom. The predicted octanol–water partition coefficient (Wildman–Crippen LogP) is 4.62. The fraction of sp³-hybridized carbons (Fsp3) is 0.100. The zero-order chi connectivity index (χ0) is 16.2. The number of amides is 1. The van der Waals surface area contributed by atoms with Crippen LogP contribution in [-0.2, 0) is 0 Å². The molecule has 1 aromatic heterocycles. The Morgan fingerprint density at radius 3 is 2.26 bits per heavy atom. The minimum atomic E-state index is -0.119. The summed E-state index contributed by atoms with van der Waals surface area (Å²) in [5.74, 6) is -0.119. The zero-order valence-corrected chi connectivity index (χ0v) is 13.2. The Balaban J connectivity index is 1.99. The summed E-state index contributed by atoms with van der Waals surface area (Å²) in [6.45, 7) is 3.93. The van der Waals surface area contributed by atoms with Gasteiger partial charge in [0.1, 0.15) is 0 Å². The average Bonchev–Trinajstić information content (AvgIpc) is 2.56. The van der Waals surface area contributed by atoms with E-state index < -0.39 is 0 Å². The molecule has 0 bridgehead atoms. The number of benzene rings is 2. The molecule has 0 fully saturated rings. The van der Waals surface area contributed by atoms with E-state index >= 15 is 0 Å². The van der Waals surface area contributed by atoms with Crippen LogP contribution in [0.4, 0.5) is 5.69 Å². The first-order chi connectivity index (χ1) is 11.1. The number of hydrogen-bond donors (Lipinski definition) is 1. The van der Waals surface area contributed by atoms with E-state index in [1.165, 1.54) is 0 Å². The van der Waals surface area contributed by atoms with Crippen molar-refractivity contribution in [1.82, 2.24) is 4.98 Å². The molecule has 3 aromatic rings. The highest BCUT2D eigenvalue weighted by atomic mass is 16.1. The molecule has 0 unspecified atom stereocenters. The summed E-state index contributed by atoms with van der Waals surface area (Å²) in [5, 5.41) is 2.94. The Bertz CT molecular complexity index is 841. The summed E-state index contributed by atoms with van der Waals surface area (Å²) in [5.41, 5.74) is 5.19. The van der Waals surface area contributed by atoms with Gasteiger partial charge in [-0.3, -0.25) is 9.78 Å². The van der Waals surface area contributed by atoms with Gasteiger partial charge in [0.25, 0.3) is 5.91 Å². The van der Waals surface area contributed by atoms with Gasteiger partial charge in [0.15, 0.2) is 0 Å². The van der Waals surface area contributed by atoms with Gasteiger partial charge in [0.2, 0.25) is 0 Å². The number of aromatic nitrogens is 1. The maximum Gasteiger partial charge on any atom is 0.256 e. The van der Waals surface area contributed by atoms with Gasteiger partial charge in [0.05, 0.1) is 0 Å². The molecule has 3 rings (SSSR count). The number of nitrogens with zero attached hydrogens (tertiary/aromatic N) is 1. The third-order valence-corrected chi connectivity index (χ3v) is 3.72. The summed E-state index contributed by atoms with van der Waals surface area (Å²) < 4.78 is 0. The van der Waals surface area contributed by atoms with Crippen LogP contribution < -0.4 is 5.32 Å². The highest BCUT2D eigenvalue weighted by Crippen LogP contribution is 2.27. The van der Waals surface area contributed by atoms with Crippen molar-refractivity contribution in [2.75, 3.05) is 5.32 Å². The van der Waals surface area contributed by atoms with Gasteiger partial charge in [-0.15, -0.1) is 0 Å². The number of nitrogens with one attached hydrogen (secondary N) is 1. The van der Waals surface area contributed by atoms with Crippen molar-refractivity contribution in [3.05, 3.63) is 83.7 Å². The van der Waals surface area contributed by atoms with Crippen molar-refractivity contribution >= 4 is 11.6 Å². The molecule has 1 N–H and O–H groups in total. The standard InChI is InChI=1S/C20H18N2O/c1-14-12-13-17(15(2)21-14)18-10-6-7-11-19(18)20(23)22-16-8-4-3-5-9-16/h3-13H,1-2H3,(H,22,23). The van der Waals surface area contributed by atoms with Crippen molar-refractivity contribution in [1.29, 1.82) is 0 Å². The van der Waals surface area contributed by atoms with E-state index in [0.717, 1.165) is 28.2 Å². The zero-order valence-electron chi connectivity index (χ0n) is 13.2. The number of aryl methyl sites for hydroxylation is 2. The minimum absolute atomic E-state index is 0.119. The summed E-state index contributed by atoms with van der Waals surface area (Å²) in [4.78, 5) is 17.2. The quantitative estimate of drug-likeness (QED) is 0.767. The molecule has 23 heavy (non-hydrogen) atoms. The fourth-order valence-electron chi connectivity index (χ4n) is 2.61. The maximum atomic E-state index is 12.7. The molecule has 0 aliphatic rings. The molecule has 3 nitrogen and oxygen atoms in total. The van der Waals surface area contributed by atoms with Gasteiger partial charge in [-0.1, -0.05) is 42.5 Å². The van der Waals surface area contributed by atoms with Crippen LogP contribution >= 0.6 is 0 Å². The number of pyridine rings is 1. The van der Waals surface area contributed by atoms with Crippen molar-refractivity contribution in [3.63, 3.8) is 0 Å². The van der Waals surface area contributed by atoms with E-state index in [-0.39, 0.29) is 5.91 Å². The average molecular weight is 302 g/mol. The molecule has 0 radical (unpaired) electrons. The summed E-state index contributed by atoms with van der Waals surface area (Å²) in [6.07, 6.45) is 0.